The Morgan fingerprint density at radius 1 is 1.38 bits per heavy atom. The van der Waals surface area contributed by atoms with E-state index < -0.39 is 23.2 Å². The predicted molar refractivity (Wildman–Crippen MR) is 74.1 cm³/mol. The molecule has 0 saturated heterocycles. The summed E-state index contributed by atoms with van der Waals surface area (Å²) in [6.45, 7) is 2.87. The summed E-state index contributed by atoms with van der Waals surface area (Å²) < 4.78 is 4.59. The Bertz CT molecular complexity index is 541. The quantitative estimate of drug-likeness (QED) is 0.519. The minimum Gasteiger partial charge on any atom is -0.469 e. The maximum atomic E-state index is 11.7. The van der Waals surface area contributed by atoms with Gasteiger partial charge in [-0.1, -0.05) is 0 Å². The zero-order valence-electron chi connectivity index (χ0n) is 11.9. The number of amides is 2. The fraction of sp³-hybridized carbons (Fsp3) is 0.500. The minimum absolute atomic E-state index is 0.117. The zero-order valence-corrected chi connectivity index (χ0v) is 12.7. The first-order valence-electron chi connectivity index (χ1n) is 6.03. The molecule has 0 aliphatic heterocycles. The van der Waals surface area contributed by atoms with Crippen LogP contribution in [-0.4, -0.2) is 35.0 Å². The highest BCUT2D eigenvalue weighted by molar-refractivity contribution is 7.11. The molecule has 0 aromatic carbocycles. The van der Waals surface area contributed by atoms with Crippen LogP contribution >= 0.6 is 11.3 Å². The molecule has 0 aliphatic rings. The van der Waals surface area contributed by atoms with Crippen molar-refractivity contribution in [1.29, 1.82) is 0 Å². The normalized spacial score (nSPS) is 10.9. The number of aliphatic hydroxyl groups is 1. The van der Waals surface area contributed by atoms with E-state index in [-0.39, 0.29) is 18.0 Å². The lowest BCUT2D eigenvalue weighted by Crippen LogP contribution is -2.44. The molecule has 0 radical (unpaired) electrons. The van der Waals surface area contributed by atoms with Gasteiger partial charge in [0.1, 0.15) is 0 Å². The number of hydrogen-bond acceptors (Lipinski definition) is 7. The van der Waals surface area contributed by atoms with Crippen molar-refractivity contribution in [2.24, 2.45) is 5.41 Å². The summed E-state index contributed by atoms with van der Waals surface area (Å²) in [4.78, 5) is 38.7. The van der Waals surface area contributed by atoms with Crippen LogP contribution in [0.5, 0.6) is 0 Å². The zero-order chi connectivity index (χ0) is 16.0. The molecular weight excluding hydrogens is 298 g/mol. The molecular formula is C12H17N3O5S. The van der Waals surface area contributed by atoms with Gasteiger partial charge >= 0.3 is 5.97 Å². The van der Waals surface area contributed by atoms with Gasteiger partial charge in [-0.15, -0.1) is 11.3 Å². The fourth-order valence-corrected chi connectivity index (χ4v) is 2.16. The number of carbonyl (C=O) groups excluding carboxylic acids is 3. The Labute approximate surface area is 125 Å². The van der Waals surface area contributed by atoms with E-state index in [1.165, 1.54) is 12.5 Å². The molecule has 0 fully saturated rings. The smallest absolute Gasteiger partial charge is 0.311 e. The third-order valence-corrected chi connectivity index (χ3v) is 3.45. The van der Waals surface area contributed by atoms with E-state index in [1.807, 2.05) is 0 Å². The molecule has 9 heteroatoms. The van der Waals surface area contributed by atoms with E-state index in [9.17, 15) is 14.4 Å². The van der Waals surface area contributed by atoms with Crippen molar-refractivity contribution in [3.05, 3.63) is 16.1 Å². The molecule has 1 rings (SSSR count). The summed E-state index contributed by atoms with van der Waals surface area (Å²) in [6.07, 6.45) is -0.139. The molecule has 21 heavy (non-hydrogen) atoms. The number of methoxy groups -OCH3 is 1. The first-order chi connectivity index (χ1) is 9.80. The second-order valence-corrected chi connectivity index (χ2v) is 5.71. The van der Waals surface area contributed by atoms with Gasteiger partial charge in [-0.05, 0) is 13.8 Å². The number of rotatable bonds is 5. The molecule has 0 unspecified atom stereocenters. The van der Waals surface area contributed by atoms with Crippen molar-refractivity contribution in [1.82, 2.24) is 15.8 Å². The molecule has 2 amide bonds. The first-order valence-corrected chi connectivity index (χ1v) is 6.91. The van der Waals surface area contributed by atoms with Crippen LogP contribution in [0.1, 0.15) is 35.8 Å². The van der Waals surface area contributed by atoms with Crippen LogP contribution in [0.25, 0.3) is 0 Å². The third-order valence-electron chi connectivity index (χ3n) is 2.56. The molecule has 1 aromatic rings. The van der Waals surface area contributed by atoms with E-state index in [2.05, 4.69) is 20.6 Å². The van der Waals surface area contributed by atoms with Crippen LogP contribution in [0.2, 0.25) is 0 Å². The third kappa shape index (κ3) is 4.80. The largest absolute Gasteiger partial charge is 0.469 e. The SMILES string of the molecule is COC(=O)C(C)(C)CC(=O)NNC(=O)c1nc(CO)cs1. The average Bonchev–Trinajstić information content (AvgIpc) is 2.92. The number of nitrogens with one attached hydrogen (secondary N) is 2. The number of hydrazine groups is 1. The van der Waals surface area contributed by atoms with Crippen molar-refractivity contribution < 1.29 is 24.2 Å². The van der Waals surface area contributed by atoms with Gasteiger partial charge in [0.15, 0.2) is 5.01 Å². The van der Waals surface area contributed by atoms with Crippen molar-refractivity contribution in [3.8, 4) is 0 Å². The monoisotopic (exact) mass is 315 g/mol. The van der Waals surface area contributed by atoms with E-state index in [0.717, 1.165) is 11.3 Å². The lowest BCUT2D eigenvalue weighted by atomic mass is 9.89. The van der Waals surface area contributed by atoms with Gasteiger partial charge in [-0.3, -0.25) is 25.2 Å². The van der Waals surface area contributed by atoms with Crippen LogP contribution in [0.3, 0.4) is 0 Å². The number of esters is 1. The van der Waals surface area contributed by atoms with Gasteiger partial charge in [0, 0.05) is 11.8 Å². The van der Waals surface area contributed by atoms with Gasteiger partial charge in [0.05, 0.1) is 24.8 Å². The van der Waals surface area contributed by atoms with Crippen LogP contribution in [0.15, 0.2) is 5.38 Å². The lowest BCUT2D eigenvalue weighted by molar-refractivity contribution is -0.153. The predicted octanol–water partition coefficient (Wildman–Crippen LogP) is -0.0143. The molecule has 116 valence electrons. The number of aliphatic hydroxyl groups excluding tert-OH is 1. The summed E-state index contributed by atoms with van der Waals surface area (Å²) in [6, 6.07) is 0. The van der Waals surface area contributed by atoms with Crippen molar-refractivity contribution >= 4 is 29.1 Å². The van der Waals surface area contributed by atoms with Gasteiger partial charge < -0.3 is 9.84 Å². The van der Waals surface area contributed by atoms with Crippen molar-refractivity contribution in [3.63, 3.8) is 0 Å². The maximum absolute atomic E-state index is 11.7. The van der Waals surface area contributed by atoms with Gasteiger partial charge in [-0.25, -0.2) is 4.98 Å². The van der Waals surface area contributed by atoms with Gasteiger partial charge in [0.25, 0.3) is 5.91 Å². The highest BCUT2D eigenvalue weighted by atomic mass is 32.1. The molecule has 0 atom stereocenters. The van der Waals surface area contributed by atoms with Crippen molar-refractivity contribution in [2.75, 3.05) is 7.11 Å². The summed E-state index contributed by atoms with van der Waals surface area (Å²) in [5.74, 6) is -1.64. The molecule has 1 heterocycles. The first kappa shape index (κ1) is 17.1. The average molecular weight is 315 g/mol. The highest BCUT2D eigenvalue weighted by Gasteiger charge is 2.31. The maximum Gasteiger partial charge on any atom is 0.311 e. The number of carbonyl (C=O) groups is 3. The summed E-state index contributed by atoms with van der Waals surface area (Å²) in [5.41, 5.74) is 3.78. The number of thiazole rings is 1. The number of hydrogen-bond donors (Lipinski definition) is 3. The van der Waals surface area contributed by atoms with Crippen LogP contribution in [-0.2, 0) is 20.9 Å². The van der Waals surface area contributed by atoms with Crippen LogP contribution in [0, 0.1) is 5.41 Å². The van der Waals surface area contributed by atoms with Crippen molar-refractivity contribution in [2.45, 2.75) is 26.9 Å². The molecule has 0 spiro atoms. The van der Waals surface area contributed by atoms with Crippen LogP contribution in [0.4, 0.5) is 0 Å². The molecule has 0 bridgehead atoms. The number of aromatic nitrogens is 1. The summed E-state index contributed by atoms with van der Waals surface area (Å²) in [5, 5.41) is 10.5. The molecule has 0 saturated carbocycles. The second-order valence-electron chi connectivity index (χ2n) is 4.86. The van der Waals surface area contributed by atoms with Crippen LogP contribution < -0.4 is 10.9 Å². The topological polar surface area (TPSA) is 118 Å². The molecule has 3 N–H and O–H groups in total. The highest BCUT2D eigenvalue weighted by Crippen LogP contribution is 2.21. The van der Waals surface area contributed by atoms with E-state index >= 15 is 0 Å². The Morgan fingerprint density at radius 2 is 2.05 bits per heavy atom. The lowest BCUT2D eigenvalue weighted by Gasteiger charge is -2.20. The Morgan fingerprint density at radius 3 is 2.57 bits per heavy atom. The molecule has 8 nitrogen and oxygen atoms in total. The second kappa shape index (κ2) is 7.14. The molecule has 1 aromatic heterocycles. The fourth-order valence-electron chi connectivity index (χ4n) is 1.46. The Kier molecular flexibility index (Phi) is 5.79. The van der Waals surface area contributed by atoms with E-state index in [0.29, 0.717) is 5.69 Å². The summed E-state index contributed by atoms with van der Waals surface area (Å²) >= 11 is 1.05. The van der Waals surface area contributed by atoms with E-state index in [1.54, 1.807) is 13.8 Å². The van der Waals surface area contributed by atoms with Gasteiger partial charge in [0.2, 0.25) is 5.91 Å². The number of nitrogens with zero attached hydrogens (tertiary/aromatic N) is 1. The minimum atomic E-state index is -0.991. The standard InChI is InChI=1S/C12H17N3O5S/c1-12(2,11(19)20-3)4-8(17)14-15-9(18)10-13-7(5-16)6-21-10/h6,16H,4-5H2,1-3H3,(H,14,17)(H,15,18). The Balaban J connectivity index is 2.49. The van der Waals surface area contributed by atoms with Gasteiger partial charge in [-0.2, -0.15) is 0 Å². The molecule has 0 aliphatic carbocycles. The summed E-state index contributed by atoms with van der Waals surface area (Å²) in [7, 11) is 1.24. The number of ether oxygens (including phenoxy) is 1. The Hall–Kier alpha value is -2.00. The van der Waals surface area contributed by atoms with E-state index in [4.69, 9.17) is 5.11 Å².